The summed E-state index contributed by atoms with van der Waals surface area (Å²) < 4.78 is 6.71. The zero-order valence-electron chi connectivity index (χ0n) is 17.4. The Morgan fingerprint density at radius 1 is 1.10 bits per heavy atom. The molecule has 0 aliphatic carbocycles. The number of ether oxygens (including phenoxy) is 1. The molecule has 1 heterocycles. The van der Waals surface area contributed by atoms with E-state index < -0.39 is 5.97 Å². The minimum absolute atomic E-state index is 0.0221. The zero-order chi connectivity index (χ0) is 21.8. The molecule has 0 bridgehead atoms. The third kappa shape index (κ3) is 4.32. The molecule has 30 heavy (non-hydrogen) atoms. The molecule has 3 rings (SSSR count). The second kappa shape index (κ2) is 8.77. The third-order valence-corrected chi connectivity index (χ3v) is 4.51. The minimum atomic E-state index is -0.660. The van der Waals surface area contributed by atoms with Crippen LogP contribution in [0.15, 0.2) is 53.3 Å². The molecule has 0 spiro atoms. The van der Waals surface area contributed by atoms with Gasteiger partial charge in [-0.3, -0.25) is 9.69 Å². The van der Waals surface area contributed by atoms with Crippen LogP contribution in [0.5, 0.6) is 5.75 Å². The van der Waals surface area contributed by atoms with Gasteiger partial charge in [0.2, 0.25) is 0 Å². The molecule has 0 radical (unpaired) electrons. The fraction of sp³-hybridized carbons (Fsp3) is 0.273. The molecule has 156 valence electrons. The number of benzene rings is 2. The van der Waals surface area contributed by atoms with Gasteiger partial charge in [-0.25, -0.2) is 14.3 Å². The lowest BCUT2D eigenvalue weighted by atomic mass is 10.1. The van der Waals surface area contributed by atoms with Crippen molar-refractivity contribution in [1.29, 1.82) is 0 Å². The van der Waals surface area contributed by atoms with Gasteiger partial charge in [0, 0.05) is 30.7 Å². The van der Waals surface area contributed by atoms with Crippen LogP contribution in [0.1, 0.15) is 31.3 Å². The van der Waals surface area contributed by atoms with E-state index >= 15 is 0 Å². The number of carbonyl (C=O) groups is 2. The van der Waals surface area contributed by atoms with Crippen molar-refractivity contribution in [2.45, 2.75) is 33.4 Å². The SMILES string of the molecule is CCn1nc(C(=O)Oc2ccc(N(C)C(=O)NC(C)C)cc2)c2ccccc2c1=O. The maximum absolute atomic E-state index is 12.8. The van der Waals surface area contributed by atoms with Crippen molar-refractivity contribution < 1.29 is 14.3 Å². The molecule has 8 nitrogen and oxygen atoms in total. The normalized spacial score (nSPS) is 10.8. The van der Waals surface area contributed by atoms with Crippen molar-refractivity contribution in [2.75, 3.05) is 11.9 Å². The number of nitrogens with one attached hydrogen (secondary N) is 1. The van der Waals surface area contributed by atoms with Crippen LogP contribution in [-0.4, -0.2) is 34.9 Å². The standard InChI is InChI=1S/C22H24N4O4/c1-5-26-20(27)18-9-7-6-8-17(18)19(24-26)21(28)30-16-12-10-15(11-13-16)25(4)22(29)23-14(2)3/h6-14H,5H2,1-4H3,(H,23,29). The average molecular weight is 408 g/mol. The first kappa shape index (κ1) is 21.0. The Morgan fingerprint density at radius 3 is 2.33 bits per heavy atom. The molecule has 8 heteroatoms. The molecule has 0 atom stereocenters. The molecular formula is C22H24N4O4. The lowest BCUT2D eigenvalue weighted by Crippen LogP contribution is -2.40. The highest BCUT2D eigenvalue weighted by Gasteiger charge is 2.19. The maximum Gasteiger partial charge on any atom is 0.364 e. The van der Waals surface area contributed by atoms with E-state index in [0.29, 0.717) is 28.8 Å². The molecule has 0 aliphatic rings. The fourth-order valence-electron chi connectivity index (χ4n) is 2.95. The predicted octanol–water partition coefficient (Wildman–Crippen LogP) is 3.19. The van der Waals surface area contributed by atoms with Crippen LogP contribution in [0.25, 0.3) is 10.8 Å². The van der Waals surface area contributed by atoms with Gasteiger partial charge in [0.15, 0.2) is 5.69 Å². The summed E-state index contributed by atoms with van der Waals surface area (Å²) in [6, 6.07) is 13.2. The number of amides is 2. The minimum Gasteiger partial charge on any atom is -0.422 e. The number of urea groups is 1. The Kier molecular flexibility index (Phi) is 6.15. The van der Waals surface area contributed by atoms with E-state index in [4.69, 9.17) is 4.74 Å². The monoisotopic (exact) mass is 408 g/mol. The van der Waals surface area contributed by atoms with Gasteiger partial charge in [0.1, 0.15) is 5.75 Å². The Hall–Kier alpha value is -3.68. The number of hydrogen-bond acceptors (Lipinski definition) is 5. The van der Waals surface area contributed by atoms with E-state index in [1.807, 2.05) is 13.8 Å². The van der Waals surface area contributed by atoms with Crippen molar-refractivity contribution in [2.24, 2.45) is 0 Å². The Bertz CT molecular complexity index is 1140. The number of anilines is 1. The van der Waals surface area contributed by atoms with Gasteiger partial charge in [0.25, 0.3) is 5.56 Å². The molecule has 0 fully saturated rings. The first-order chi connectivity index (χ1) is 14.3. The summed E-state index contributed by atoms with van der Waals surface area (Å²) in [5.74, 6) is -0.353. The summed E-state index contributed by atoms with van der Waals surface area (Å²) in [6.45, 7) is 5.88. The molecule has 1 N–H and O–H groups in total. The first-order valence-electron chi connectivity index (χ1n) is 9.68. The molecule has 0 saturated heterocycles. The van der Waals surface area contributed by atoms with Crippen molar-refractivity contribution in [1.82, 2.24) is 15.1 Å². The number of rotatable bonds is 5. The number of aryl methyl sites for hydroxylation is 1. The zero-order valence-corrected chi connectivity index (χ0v) is 17.4. The van der Waals surface area contributed by atoms with Crippen LogP contribution in [0.2, 0.25) is 0 Å². The summed E-state index contributed by atoms with van der Waals surface area (Å²) in [5, 5.41) is 7.84. The molecule has 3 aromatic rings. The van der Waals surface area contributed by atoms with E-state index in [1.165, 1.54) is 9.58 Å². The second-order valence-corrected chi connectivity index (χ2v) is 7.06. The topological polar surface area (TPSA) is 93.5 Å². The number of nitrogens with zero attached hydrogens (tertiary/aromatic N) is 3. The molecule has 2 aromatic carbocycles. The lowest BCUT2D eigenvalue weighted by Gasteiger charge is -2.20. The van der Waals surface area contributed by atoms with E-state index in [9.17, 15) is 14.4 Å². The van der Waals surface area contributed by atoms with Crippen molar-refractivity contribution in [3.05, 3.63) is 64.6 Å². The smallest absolute Gasteiger partial charge is 0.364 e. The highest BCUT2D eigenvalue weighted by Crippen LogP contribution is 2.21. The van der Waals surface area contributed by atoms with E-state index in [0.717, 1.165) is 0 Å². The van der Waals surface area contributed by atoms with Crippen molar-refractivity contribution in [3.63, 3.8) is 0 Å². The Balaban J connectivity index is 1.84. The second-order valence-electron chi connectivity index (χ2n) is 7.06. The maximum atomic E-state index is 12.8. The Labute approximate surface area is 174 Å². The largest absolute Gasteiger partial charge is 0.422 e. The van der Waals surface area contributed by atoms with Crippen molar-refractivity contribution >= 4 is 28.5 Å². The van der Waals surface area contributed by atoms with Gasteiger partial charge in [0.05, 0.1) is 5.39 Å². The highest BCUT2D eigenvalue weighted by atomic mass is 16.5. The fourth-order valence-corrected chi connectivity index (χ4v) is 2.95. The highest BCUT2D eigenvalue weighted by molar-refractivity contribution is 6.03. The number of fused-ring (bicyclic) bond motifs is 1. The summed E-state index contributed by atoms with van der Waals surface area (Å²) in [6.07, 6.45) is 0. The molecule has 0 aliphatic heterocycles. The molecule has 0 unspecified atom stereocenters. The summed E-state index contributed by atoms with van der Waals surface area (Å²) >= 11 is 0. The number of esters is 1. The van der Waals surface area contributed by atoms with Crippen LogP contribution in [0, 0.1) is 0 Å². The molecule has 0 saturated carbocycles. The van der Waals surface area contributed by atoms with Crippen LogP contribution in [-0.2, 0) is 6.54 Å². The number of aromatic nitrogens is 2. The van der Waals surface area contributed by atoms with Gasteiger partial charge in [-0.15, -0.1) is 0 Å². The molecular weight excluding hydrogens is 384 g/mol. The first-order valence-corrected chi connectivity index (χ1v) is 9.68. The van der Waals surface area contributed by atoms with Crippen LogP contribution >= 0.6 is 0 Å². The van der Waals surface area contributed by atoms with Crippen molar-refractivity contribution in [3.8, 4) is 5.75 Å². The number of carbonyl (C=O) groups excluding carboxylic acids is 2. The summed E-state index contributed by atoms with van der Waals surface area (Å²) in [7, 11) is 1.66. The predicted molar refractivity (Wildman–Crippen MR) is 115 cm³/mol. The van der Waals surface area contributed by atoms with Gasteiger partial charge in [-0.1, -0.05) is 18.2 Å². The van der Waals surface area contributed by atoms with E-state index in [2.05, 4.69) is 10.4 Å². The lowest BCUT2D eigenvalue weighted by molar-refractivity contribution is 0.0728. The van der Waals surface area contributed by atoms with Gasteiger partial charge < -0.3 is 10.1 Å². The van der Waals surface area contributed by atoms with Crippen LogP contribution < -0.4 is 20.5 Å². The molecule has 1 aromatic heterocycles. The van der Waals surface area contributed by atoms with E-state index in [-0.39, 0.29) is 23.3 Å². The average Bonchev–Trinajstić information content (AvgIpc) is 2.73. The van der Waals surface area contributed by atoms with Crippen LogP contribution in [0.4, 0.5) is 10.5 Å². The summed E-state index contributed by atoms with van der Waals surface area (Å²) in [5.41, 5.74) is 0.470. The van der Waals surface area contributed by atoms with Crippen LogP contribution in [0.3, 0.4) is 0 Å². The van der Waals surface area contributed by atoms with Gasteiger partial charge in [-0.2, -0.15) is 5.10 Å². The van der Waals surface area contributed by atoms with Gasteiger partial charge in [-0.05, 0) is 51.1 Å². The van der Waals surface area contributed by atoms with Gasteiger partial charge >= 0.3 is 12.0 Å². The Morgan fingerprint density at radius 2 is 1.73 bits per heavy atom. The van der Waals surface area contributed by atoms with E-state index in [1.54, 1.807) is 62.5 Å². The number of hydrogen-bond donors (Lipinski definition) is 1. The quantitative estimate of drug-likeness (QED) is 0.517. The third-order valence-electron chi connectivity index (χ3n) is 4.51. The molecule has 2 amide bonds. The summed E-state index contributed by atoms with van der Waals surface area (Å²) in [4.78, 5) is 38.8.